The van der Waals surface area contributed by atoms with Crippen LogP contribution in [0.5, 0.6) is 17.5 Å². The summed E-state index contributed by atoms with van der Waals surface area (Å²) in [6.07, 6.45) is 1.65. The first kappa shape index (κ1) is 18.8. The largest absolute Gasteiger partial charge is 0.504 e. The molecule has 152 valence electrons. The van der Waals surface area contributed by atoms with Gasteiger partial charge in [0.05, 0.1) is 13.2 Å². The SMILES string of the molecule is COc1c(N2CCC(C(O)CN)C2)c(F)c(O)c2c(=O)[nH]c(OC3CC3)nc12. The van der Waals surface area contributed by atoms with E-state index in [-0.39, 0.29) is 46.9 Å². The monoisotopic (exact) mass is 394 g/mol. The van der Waals surface area contributed by atoms with E-state index in [2.05, 4.69) is 9.97 Å². The van der Waals surface area contributed by atoms with Gasteiger partial charge in [0.2, 0.25) is 0 Å². The van der Waals surface area contributed by atoms with Gasteiger partial charge in [0, 0.05) is 25.6 Å². The quantitative estimate of drug-likeness (QED) is 0.555. The maximum Gasteiger partial charge on any atom is 0.297 e. The Bertz CT molecular complexity index is 961. The number of aromatic nitrogens is 2. The molecule has 2 unspecified atom stereocenters. The summed E-state index contributed by atoms with van der Waals surface area (Å²) in [5, 5.41) is 20.1. The highest BCUT2D eigenvalue weighted by molar-refractivity contribution is 5.95. The molecule has 0 spiro atoms. The number of anilines is 1. The molecule has 2 fully saturated rings. The summed E-state index contributed by atoms with van der Waals surface area (Å²) < 4.78 is 26.0. The van der Waals surface area contributed by atoms with Crippen LogP contribution in [-0.2, 0) is 0 Å². The summed E-state index contributed by atoms with van der Waals surface area (Å²) in [7, 11) is 1.35. The van der Waals surface area contributed by atoms with Gasteiger partial charge in [-0.15, -0.1) is 0 Å². The van der Waals surface area contributed by atoms with E-state index in [9.17, 15) is 15.0 Å². The Morgan fingerprint density at radius 3 is 2.82 bits per heavy atom. The third-order valence-corrected chi connectivity index (χ3v) is 5.31. The molecule has 1 saturated carbocycles. The predicted molar refractivity (Wildman–Crippen MR) is 99.6 cm³/mol. The van der Waals surface area contributed by atoms with Gasteiger partial charge in [0.25, 0.3) is 11.6 Å². The van der Waals surface area contributed by atoms with Crippen molar-refractivity contribution in [1.29, 1.82) is 0 Å². The number of nitrogens with zero attached hydrogens (tertiary/aromatic N) is 2. The van der Waals surface area contributed by atoms with Crippen LogP contribution in [0.25, 0.3) is 10.9 Å². The van der Waals surface area contributed by atoms with Crippen LogP contribution in [0.15, 0.2) is 4.79 Å². The lowest BCUT2D eigenvalue weighted by Gasteiger charge is -2.24. The number of phenolic OH excluding ortho intramolecular Hbond substituents is 1. The number of aliphatic hydroxyl groups excluding tert-OH is 1. The third kappa shape index (κ3) is 3.12. The molecule has 2 aliphatic rings. The number of aliphatic hydroxyl groups is 1. The Balaban J connectivity index is 1.84. The number of methoxy groups -OCH3 is 1. The minimum absolute atomic E-state index is 0.00259. The summed E-state index contributed by atoms with van der Waals surface area (Å²) in [6, 6.07) is 0.00751. The molecule has 9 nitrogen and oxygen atoms in total. The molecule has 5 N–H and O–H groups in total. The molecule has 28 heavy (non-hydrogen) atoms. The highest BCUT2D eigenvalue weighted by atomic mass is 19.1. The van der Waals surface area contributed by atoms with Crippen LogP contribution in [-0.4, -0.2) is 59.1 Å². The lowest BCUT2D eigenvalue weighted by atomic mass is 10.0. The highest BCUT2D eigenvalue weighted by Gasteiger charge is 2.34. The fraction of sp³-hybridized carbons (Fsp3) is 0.556. The topological polar surface area (TPSA) is 134 Å². The van der Waals surface area contributed by atoms with E-state index in [1.165, 1.54) is 7.11 Å². The number of benzene rings is 1. The fourth-order valence-electron chi connectivity index (χ4n) is 3.64. The second-order valence-electron chi connectivity index (χ2n) is 7.25. The average molecular weight is 394 g/mol. The number of halogens is 1. The van der Waals surface area contributed by atoms with Crippen LogP contribution in [0, 0.1) is 11.7 Å². The van der Waals surface area contributed by atoms with Gasteiger partial charge in [0.1, 0.15) is 22.7 Å². The summed E-state index contributed by atoms with van der Waals surface area (Å²) in [5.41, 5.74) is 4.86. The zero-order valence-electron chi connectivity index (χ0n) is 15.4. The number of rotatable bonds is 6. The Morgan fingerprint density at radius 1 is 1.43 bits per heavy atom. The molecular weight excluding hydrogens is 371 g/mol. The molecule has 0 radical (unpaired) electrons. The summed E-state index contributed by atoms with van der Waals surface area (Å²) in [6.45, 7) is 0.889. The van der Waals surface area contributed by atoms with Crippen molar-refractivity contribution in [2.75, 3.05) is 31.6 Å². The van der Waals surface area contributed by atoms with Gasteiger partial charge in [-0.3, -0.25) is 9.78 Å². The molecule has 2 heterocycles. The molecule has 10 heteroatoms. The van der Waals surface area contributed by atoms with E-state index in [0.29, 0.717) is 19.5 Å². The van der Waals surface area contributed by atoms with E-state index >= 15 is 4.39 Å². The molecule has 1 aliphatic carbocycles. The first-order valence-electron chi connectivity index (χ1n) is 9.26. The Morgan fingerprint density at radius 2 is 2.18 bits per heavy atom. The number of fused-ring (bicyclic) bond motifs is 1. The van der Waals surface area contributed by atoms with Crippen molar-refractivity contribution in [2.24, 2.45) is 11.7 Å². The molecule has 1 aromatic carbocycles. The molecule has 4 rings (SSSR count). The summed E-state index contributed by atoms with van der Waals surface area (Å²) in [5.74, 6) is -1.84. The van der Waals surface area contributed by atoms with Crippen LogP contribution < -0.4 is 25.7 Å². The number of nitrogens with one attached hydrogen (secondary N) is 1. The highest BCUT2D eigenvalue weighted by Crippen LogP contribution is 2.44. The molecule has 0 amide bonds. The van der Waals surface area contributed by atoms with Gasteiger partial charge in [-0.05, 0) is 19.3 Å². The second kappa shape index (κ2) is 7.10. The maximum atomic E-state index is 15.1. The lowest BCUT2D eigenvalue weighted by molar-refractivity contribution is 0.126. The number of H-pyrrole nitrogens is 1. The lowest BCUT2D eigenvalue weighted by Crippen LogP contribution is -2.31. The number of ether oxygens (including phenoxy) is 2. The van der Waals surface area contributed by atoms with E-state index in [1.54, 1.807) is 4.90 Å². The average Bonchev–Trinajstić information content (AvgIpc) is 3.35. The van der Waals surface area contributed by atoms with Gasteiger partial charge in [-0.1, -0.05) is 0 Å². The van der Waals surface area contributed by atoms with Crippen LogP contribution >= 0.6 is 0 Å². The zero-order chi connectivity index (χ0) is 20.0. The van der Waals surface area contributed by atoms with E-state index in [1.807, 2.05) is 0 Å². The van der Waals surface area contributed by atoms with Gasteiger partial charge in [-0.2, -0.15) is 4.98 Å². The molecule has 2 aromatic rings. The van der Waals surface area contributed by atoms with Crippen molar-refractivity contribution in [3.63, 3.8) is 0 Å². The van der Waals surface area contributed by atoms with Crippen LogP contribution in [0.1, 0.15) is 19.3 Å². The first-order valence-corrected chi connectivity index (χ1v) is 9.26. The normalized spacial score (nSPS) is 20.6. The van der Waals surface area contributed by atoms with Crippen LogP contribution in [0.3, 0.4) is 0 Å². The minimum atomic E-state index is -0.963. The van der Waals surface area contributed by atoms with Crippen molar-refractivity contribution >= 4 is 16.6 Å². The van der Waals surface area contributed by atoms with Gasteiger partial charge < -0.3 is 30.3 Å². The molecular formula is C18H23FN4O5. The van der Waals surface area contributed by atoms with Crippen molar-refractivity contribution in [1.82, 2.24) is 9.97 Å². The smallest absolute Gasteiger partial charge is 0.297 e. The number of hydrogen-bond donors (Lipinski definition) is 4. The molecule has 1 saturated heterocycles. The van der Waals surface area contributed by atoms with E-state index in [0.717, 1.165) is 12.8 Å². The van der Waals surface area contributed by atoms with Gasteiger partial charge in [0.15, 0.2) is 17.3 Å². The number of phenols is 1. The van der Waals surface area contributed by atoms with Gasteiger partial charge >= 0.3 is 0 Å². The van der Waals surface area contributed by atoms with E-state index in [4.69, 9.17) is 15.2 Å². The Labute approximate surface area is 159 Å². The number of aromatic hydroxyl groups is 1. The molecule has 0 bridgehead atoms. The minimum Gasteiger partial charge on any atom is -0.504 e. The van der Waals surface area contributed by atoms with Gasteiger partial charge in [-0.25, -0.2) is 4.39 Å². The standard InChI is InChI=1S/C18H23FN4O5/c1-27-16-13-11(17(26)22-18(21-13)28-9-2-3-9)15(25)12(19)14(16)23-5-4-8(7-23)10(24)6-20/h8-10,24-25H,2-7,20H2,1H3,(H,21,22,26). The van der Waals surface area contributed by atoms with Crippen LogP contribution in [0.4, 0.5) is 10.1 Å². The maximum absolute atomic E-state index is 15.1. The summed E-state index contributed by atoms with van der Waals surface area (Å²) >= 11 is 0. The van der Waals surface area contributed by atoms with E-state index < -0.39 is 23.2 Å². The Hall–Kier alpha value is -2.59. The van der Waals surface area contributed by atoms with Crippen molar-refractivity contribution in [3.8, 4) is 17.5 Å². The molecule has 2 atom stereocenters. The second-order valence-corrected chi connectivity index (χ2v) is 7.25. The first-order chi connectivity index (χ1) is 13.4. The summed E-state index contributed by atoms with van der Waals surface area (Å²) in [4.78, 5) is 20.8. The third-order valence-electron chi connectivity index (χ3n) is 5.31. The Kier molecular flexibility index (Phi) is 4.76. The molecule has 1 aliphatic heterocycles. The predicted octanol–water partition coefficient (Wildman–Crippen LogP) is 0.463. The number of hydrogen-bond acceptors (Lipinski definition) is 8. The fourth-order valence-corrected chi connectivity index (χ4v) is 3.64. The molecule has 1 aromatic heterocycles. The van der Waals surface area contributed by atoms with Crippen molar-refractivity contribution in [2.45, 2.75) is 31.5 Å². The van der Waals surface area contributed by atoms with Crippen molar-refractivity contribution < 1.29 is 24.1 Å². The van der Waals surface area contributed by atoms with Crippen molar-refractivity contribution in [3.05, 3.63) is 16.2 Å². The zero-order valence-corrected chi connectivity index (χ0v) is 15.4. The number of nitrogens with two attached hydrogens (primary N) is 1. The number of aromatic amines is 1. The van der Waals surface area contributed by atoms with Crippen LogP contribution in [0.2, 0.25) is 0 Å².